The maximum Gasteiger partial charge on any atom is 0.231 e. The van der Waals surface area contributed by atoms with Crippen LogP contribution < -0.4 is 10.6 Å². The Hall–Kier alpha value is -2.17. The average molecular weight is 616 g/mol. The molecule has 0 bridgehead atoms. The van der Waals surface area contributed by atoms with E-state index in [0.717, 1.165) is 41.8 Å². The molecular formula is C21H24N5O2U-. The molecule has 3 aromatic rings. The van der Waals surface area contributed by atoms with E-state index in [2.05, 4.69) is 39.3 Å². The minimum atomic E-state index is 0. The second-order valence-corrected chi connectivity index (χ2v) is 7.07. The molecule has 3 N–H and O–H groups in total. The molecule has 1 saturated heterocycles. The number of carbonyl (C=O) groups excluding carboxylic acids is 1. The van der Waals surface area contributed by atoms with E-state index in [1.165, 1.54) is 6.26 Å². The number of H-pyrrole nitrogens is 1. The number of oxazole rings is 1. The van der Waals surface area contributed by atoms with Crippen molar-refractivity contribution in [2.75, 3.05) is 13.1 Å². The van der Waals surface area contributed by atoms with E-state index in [0.29, 0.717) is 19.0 Å². The molecule has 0 unspecified atom stereocenters. The van der Waals surface area contributed by atoms with E-state index in [1.807, 2.05) is 23.1 Å². The van der Waals surface area contributed by atoms with Gasteiger partial charge in [0.05, 0.1) is 18.6 Å². The first kappa shape index (κ1) is 21.5. The number of amides is 1. The Morgan fingerprint density at radius 3 is 3.17 bits per heavy atom. The molecule has 1 aliphatic rings. The summed E-state index contributed by atoms with van der Waals surface area (Å²) in [5.41, 5.74) is 2.19. The topological polar surface area (TPSA) is 86.2 Å². The molecular weight excluding hydrogens is 592 g/mol. The SMILES string of the molecule is C=C(NCc1cc2c[c-]ccc2[nH]1)N[C@@H]1CCCN(C(=O)Cc2ncco2)C1.[U]. The molecule has 0 spiro atoms. The normalized spacial score (nSPS) is 16.3. The third-order valence-corrected chi connectivity index (χ3v) is 4.95. The minimum absolute atomic E-state index is 0. The number of carbonyl (C=O) groups is 1. The summed E-state index contributed by atoms with van der Waals surface area (Å²) in [6.07, 6.45) is 5.22. The molecule has 2 aromatic heterocycles. The molecule has 0 aliphatic carbocycles. The van der Waals surface area contributed by atoms with Gasteiger partial charge in [0.2, 0.25) is 11.8 Å². The van der Waals surface area contributed by atoms with Crippen LogP contribution in [0, 0.1) is 37.2 Å². The zero-order valence-corrected chi connectivity index (χ0v) is 20.4. The number of aromatic nitrogens is 2. The molecule has 1 amide bonds. The third kappa shape index (κ3) is 5.68. The van der Waals surface area contributed by atoms with Crippen molar-refractivity contribution in [3.05, 3.63) is 66.8 Å². The summed E-state index contributed by atoms with van der Waals surface area (Å²) >= 11 is 0. The largest absolute Gasteiger partial charge is 0.448 e. The fourth-order valence-electron chi connectivity index (χ4n) is 3.57. The van der Waals surface area contributed by atoms with Crippen LogP contribution in [0.25, 0.3) is 10.9 Å². The maximum atomic E-state index is 12.4. The monoisotopic (exact) mass is 616 g/mol. The van der Waals surface area contributed by atoms with E-state index in [4.69, 9.17) is 4.42 Å². The van der Waals surface area contributed by atoms with Gasteiger partial charge < -0.3 is 24.9 Å². The zero-order chi connectivity index (χ0) is 19.3. The second-order valence-electron chi connectivity index (χ2n) is 7.07. The van der Waals surface area contributed by atoms with Gasteiger partial charge in [0.1, 0.15) is 12.7 Å². The van der Waals surface area contributed by atoms with Gasteiger partial charge in [-0.25, -0.2) is 4.98 Å². The van der Waals surface area contributed by atoms with Crippen molar-refractivity contribution >= 4 is 16.8 Å². The Labute approximate surface area is 193 Å². The predicted octanol–water partition coefficient (Wildman–Crippen LogP) is 2.34. The quantitative estimate of drug-likeness (QED) is 0.355. The number of rotatable bonds is 7. The van der Waals surface area contributed by atoms with E-state index in [9.17, 15) is 4.79 Å². The Kier molecular flexibility index (Phi) is 7.46. The molecule has 1 fully saturated rings. The predicted molar refractivity (Wildman–Crippen MR) is 106 cm³/mol. The van der Waals surface area contributed by atoms with E-state index >= 15 is 0 Å². The van der Waals surface area contributed by atoms with Crippen LogP contribution >= 0.6 is 0 Å². The number of aromatic amines is 1. The van der Waals surface area contributed by atoms with Crippen molar-refractivity contribution in [2.45, 2.75) is 31.8 Å². The number of benzene rings is 1. The van der Waals surface area contributed by atoms with Gasteiger partial charge in [-0.2, -0.15) is 18.2 Å². The molecule has 1 atom stereocenters. The molecule has 8 heteroatoms. The van der Waals surface area contributed by atoms with Crippen molar-refractivity contribution in [3.63, 3.8) is 0 Å². The first-order valence-corrected chi connectivity index (χ1v) is 9.50. The summed E-state index contributed by atoms with van der Waals surface area (Å²) in [6, 6.07) is 11.2. The number of fused-ring (bicyclic) bond motifs is 1. The number of likely N-dealkylation sites (tertiary alicyclic amines) is 1. The number of hydrogen-bond donors (Lipinski definition) is 3. The van der Waals surface area contributed by atoms with Crippen molar-refractivity contribution < 1.29 is 40.3 Å². The van der Waals surface area contributed by atoms with Crippen LogP contribution in [-0.2, 0) is 17.8 Å². The Morgan fingerprint density at radius 1 is 1.48 bits per heavy atom. The van der Waals surface area contributed by atoms with Crippen LogP contribution in [0.15, 0.2) is 53.5 Å². The van der Waals surface area contributed by atoms with Crippen LogP contribution in [0.3, 0.4) is 0 Å². The minimum Gasteiger partial charge on any atom is -0.448 e. The smallest absolute Gasteiger partial charge is 0.231 e. The molecule has 150 valence electrons. The molecule has 1 aromatic carbocycles. The Morgan fingerprint density at radius 2 is 2.38 bits per heavy atom. The van der Waals surface area contributed by atoms with E-state index in [-0.39, 0.29) is 49.5 Å². The van der Waals surface area contributed by atoms with Crippen molar-refractivity contribution in [1.82, 2.24) is 25.5 Å². The summed E-state index contributed by atoms with van der Waals surface area (Å²) in [4.78, 5) is 21.7. The summed E-state index contributed by atoms with van der Waals surface area (Å²) < 4.78 is 5.18. The maximum absolute atomic E-state index is 12.4. The van der Waals surface area contributed by atoms with Crippen LogP contribution in [0.2, 0.25) is 0 Å². The zero-order valence-electron chi connectivity index (χ0n) is 16.2. The molecule has 0 saturated carbocycles. The van der Waals surface area contributed by atoms with Crippen LogP contribution in [0.1, 0.15) is 24.4 Å². The second kappa shape index (κ2) is 10.0. The fraction of sp³-hybridized carbons (Fsp3) is 0.333. The van der Waals surface area contributed by atoms with Gasteiger partial charge in [0, 0.05) is 55.9 Å². The van der Waals surface area contributed by atoms with Crippen molar-refractivity contribution in [1.29, 1.82) is 0 Å². The van der Waals surface area contributed by atoms with Gasteiger partial charge in [-0.15, -0.1) is 11.5 Å². The van der Waals surface area contributed by atoms with Gasteiger partial charge in [-0.05, 0) is 12.8 Å². The van der Waals surface area contributed by atoms with Gasteiger partial charge in [-0.3, -0.25) is 4.79 Å². The number of nitrogens with zero attached hydrogens (tertiary/aromatic N) is 2. The van der Waals surface area contributed by atoms with Gasteiger partial charge in [0.25, 0.3) is 0 Å². The molecule has 7 nitrogen and oxygen atoms in total. The number of nitrogens with one attached hydrogen (secondary N) is 3. The molecule has 29 heavy (non-hydrogen) atoms. The average Bonchev–Trinajstić information content (AvgIpc) is 3.35. The van der Waals surface area contributed by atoms with Gasteiger partial charge >= 0.3 is 0 Å². The van der Waals surface area contributed by atoms with E-state index in [1.54, 1.807) is 6.20 Å². The summed E-state index contributed by atoms with van der Waals surface area (Å²) in [5.74, 6) is 1.27. The van der Waals surface area contributed by atoms with Crippen LogP contribution in [0.5, 0.6) is 0 Å². The van der Waals surface area contributed by atoms with Gasteiger partial charge in [0.15, 0.2) is 0 Å². The molecule has 1 aliphatic heterocycles. The third-order valence-electron chi connectivity index (χ3n) is 4.95. The number of hydrogen-bond acceptors (Lipinski definition) is 5. The first-order valence-electron chi connectivity index (χ1n) is 9.50. The molecule has 4 rings (SSSR count). The summed E-state index contributed by atoms with van der Waals surface area (Å²) in [6.45, 7) is 6.15. The standard InChI is InChI=1S/C21H24N5O2.U/c1-15(23-13-18-11-16-5-2-3-7-19(16)25-18)24-17-6-4-9-26(14-17)21(27)12-20-22-8-10-28-20;/h3,5,7-8,10-11,17,23-25H,1,4,6,9,12-14H2;/q-1;/t17-;/m1./s1. The number of piperidine rings is 1. The first-order chi connectivity index (χ1) is 13.7. The Bertz CT molecular complexity index is 920. The van der Waals surface area contributed by atoms with Crippen LogP contribution in [0.4, 0.5) is 0 Å². The Balaban J connectivity index is 0.00000240. The molecule has 3 heterocycles. The van der Waals surface area contributed by atoms with Crippen LogP contribution in [-0.4, -0.2) is 39.9 Å². The molecule has 0 radical (unpaired) electrons. The van der Waals surface area contributed by atoms with Gasteiger partial charge in [-0.1, -0.05) is 18.2 Å². The van der Waals surface area contributed by atoms with E-state index < -0.39 is 0 Å². The summed E-state index contributed by atoms with van der Waals surface area (Å²) in [5, 5.41) is 7.86. The summed E-state index contributed by atoms with van der Waals surface area (Å²) in [7, 11) is 0. The van der Waals surface area contributed by atoms with Crippen molar-refractivity contribution in [2.24, 2.45) is 0 Å². The fourth-order valence-corrected chi connectivity index (χ4v) is 3.57. The van der Waals surface area contributed by atoms with Crippen molar-refractivity contribution in [3.8, 4) is 0 Å².